The monoisotopic (exact) mass is 193 g/mol. The predicted octanol–water partition coefficient (Wildman–Crippen LogP) is 3.59. The first kappa shape index (κ1) is 10.0. The maximum absolute atomic E-state index is 7.70. The van der Waals surface area contributed by atoms with E-state index in [0.717, 1.165) is 11.1 Å². The van der Waals surface area contributed by atoms with Gasteiger partial charge in [0.15, 0.2) is 0 Å². The molecule has 68 valence electrons. The highest BCUT2D eigenvalue weighted by molar-refractivity contribution is 6.34. The molecule has 0 heterocycles. The third kappa shape index (κ3) is 2.43. The first-order chi connectivity index (χ1) is 6.15. The molecule has 0 amide bonds. The Morgan fingerprint density at radius 1 is 1.46 bits per heavy atom. The van der Waals surface area contributed by atoms with Gasteiger partial charge < -0.3 is 5.41 Å². The van der Waals surface area contributed by atoms with E-state index in [-0.39, 0.29) is 0 Å². The number of nitrogens with one attached hydrogen (secondary N) is 1. The second-order valence-electron chi connectivity index (χ2n) is 2.90. The summed E-state index contributed by atoms with van der Waals surface area (Å²) in [5.74, 6) is 0. The molecule has 0 saturated carbocycles. The summed E-state index contributed by atoms with van der Waals surface area (Å²) in [7, 11) is 0. The molecule has 0 aliphatic rings. The van der Waals surface area contributed by atoms with Crippen LogP contribution < -0.4 is 0 Å². The van der Waals surface area contributed by atoms with E-state index in [2.05, 4.69) is 0 Å². The van der Waals surface area contributed by atoms with Gasteiger partial charge in [-0.2, -0.15) is 0 Å². The average molecular weight is 194 g/mol. The molecule has 0 aromatic heterocycles. The Bertz CT molecular complexity index is 353. The minimum atomic E-state index is 0.455. The highest BCUT2D eigenvalue weighted by Gasteiger charge is 2.02. The van der Waals surface area contributed by atoms with Crippen LogP contribution >= 0.6 is 11.6 Å². The topological polar surface area (TPSA) is 23.9 Å². The van der Waals surface area contributed by atoms with Crippen molar-refractivity contribution < 1.29 is 0 Å². The van der Waals surface area contributed by atoms with Gasteiger partial charge in [-0.15, -0.1) is 0 Å². The Hall–Kier alpha value is -1.08. The van der Waals surface area contributed by atoms with Gasteiger partial charge in [0.25, 0.3) is 0 Å². The molecule has 1 N–H and O–H groups in total. The summed E-state index contributed by atoms with van der Waals surface area (Å²) in [6.07, 6.45) is 3.57. The molecule has 0 bridgehead atoms. The normalized spacial score (nSPS) is 10.7. The molecule has 0 aliphatic carbocycles. The van der Waals surface area contributed by atoms with Crippen LogP contribution in [0, 0.1) is 12.3 Å². The summed E-state index contributed by atoms with van der Waals surface area (Å²) in [5.41, 5.74) is 2.37. The fourth-order valence-electron chi connectivity index (χ4n) is 1.10. The molecule has 1 aromatic rings. The summed E-state index contributed by atoms with van der Waals surface area (Å²) in [4.78, 5) is 0. The largest absolute Gasteiger partial charge is 0.300 e. The van der Waals surface area contributed by atoms with Gasteiger partial charge in [-0.25, -0.2) is 0 Å². The summed E-state index contributed by atoms with van der Waals surface area (Å²) in [5, 5.41) is 8.33. The van der Waals surface area contributed by atoms with Gasteiger partial charge in [-0.05, 0) is 32.1 Å². The number of hydrogen-bond donors (Lipinski definition) is 1. The minimum Gasteiger partial charge on any atom is -0.300 e. The molecule has 2 heteroatoms. The smallest absolute Gasteiger partial charge is 0.0624 e. The van der Waals surface area contributed by atoms with Crippen molar-refractivity contribution in [2.24, 2.45) is 0 Å². The Labute approximate surface area is 83.6 Å². The van der Waals surface area contributed by atoms with Crippen LogP contribution in [0.25, 0.3) is 0 Å². The lowest BCUT2D eigenvalue weighted by atomic mass is 10.1. The minimum absolute atomic E-state index is 0.455. The molecule has 13 heavy (non-hydrogen) atoms. The molecule has 0 unspecified atom stereocenters. The van der Waals surface area contributed by atoms with E-state index >= 15 is 0 Å². The Morgan fingerprint density at radius 3 is 2.77 bits per heavy atom. The van der Waals surface area contributed by atoms with Crippen molar-refractivity contribution in [3.63, 3.8) is 0 Å². The van der Waals surface area contributed by atoms with Crippen LogP contribution in [-0.2, 0) is 0 Å². The first-order valence-corrected chi connectivity index (χ1v) is 4.50. The van der Waals surface area contributed by atoms with E-state index in [1.165, 1.54) is 0 Å². The molecule has 0 fully saturated rings. The fraction of sp³-hybridized carbons (Fsp3) is 0.182. The van der Waals surface area contributed by atoms with Crippen molar-refractivity contribution in [1.82, 2.24) is 0 Å². The molecular formula is C11H12ClN. The molecule has 0 atom stereocenters. The van der Waals surface area contributed by atoms with Gasteiger partial charge in [-0.3, -0.25) is 0 Å². The fourth-order valence-corrected chi connectivity index (χ4v) is 1.32. The maximum atomic E-state index is 7.70. The molecular weight excluding hydrogens is 182 g/mol. The molecule has 0 radical (unpaired) electrons. The average Bonchev–Trinajstić information content (AvgIpc) is 2.09. The van der Waals surface area contributed by atoms with E-state index < -0.39 is 0 Å². The molecule has 1 nitrogen and oxygen atoms in total. The van der Waals surface area contributed by atoms with Crippen LogP contribution in [0.4, 0.5) is 0 Å². The third-order valence-electron chi connectivity index (χ3n) is 1.75. The van der Waals surface area contributed by atoms with Gasteiger partial charge in [0.1, 0.15) is 0 Å². The van der Waals surface area contributed by atoms with Crippen LogP contribution in [0.2, 0.25) is 5.02 Å². The van der Waals surface area contributed by atoms with E-state index in [4.69, 9.17) is 17.0 Å². The van der Waals surface area contributed by atoms with E-state index in [1.54, 1.807) is 6.08 Å². The zero-order valence-electron chi connectivity index (χ0n) is 7.76. The van der Waals surface area contributed by atoms with Gasteiger partial charge in [-0.1, -0.05) is 29.3 Å². The Morgan fingerprint density at radius 2 is 2.15 bits per heavy atom. The van der Waals surface area contributed by atoms with Crippen molar-refractivity contribution in [3.05, 3.63) is 46.5 Å². The summed E-state index contributed by atoms with van der Waals surface area (Å²) < 4.78 is 0. The van der Waals surface area contributed by atoms with Crippen LogP contribution in [0.5, 0.6) is 0 Å². The second kappa shape index (κ2) is 4.24. The number of aryl methyl sites for hydroxylation is 1. The lowest BCUT2D eigenvalue weighted by Crippen LogP contribution is -1.95. The maximum Gasteiger partial charge on any atom is 0.0624 e. The summed E-state index contributed by atoms with van der Waals surface area (Å²) in [6, 6.07) is 5.68. The van der Waals surface area contributed by atoms with Crippen LogP contribution in [0.3, 0.4) is 0 Å². The molecule has 1 rings (SSSR count). The Balaban J connectivity index is 3.13. The van der Waals surface area contributed by atoms with E-state index in [9.17, 15) is 0 Å². The highest BCUT2D eigenvalue weighted by Crippen LogP contribution is 2.18. The predicted molar refractivity (Wildman–Crippen MR) is 57.8 cm³/mol. The molecule has 1 aromatic carbocycles. The van der Waals surface area contributed by atoms with E-state index in [1.807, 2.05) is 38.1 Å². The van der Waals surface area contributed by atoms with Crippen molar-refractivity contribution in [3.8, 4) is 0 Å². The number of halogens is 1. The first-order valence-electron chi connectivity index (χ1n) is 4.13. The lowest BCUT2D eigenvalue weighted by Gasteiger charge is -2.03. The van der Waals surface area contributed by atoms with Crippen molar-refractivity contribution in [1.29, 1.82) is 5.41 Å². The SMILES string of the molecule is C/C=C\C(=N)c1cc(C)ccc1Cl. The van der Waals surface area contributed by atoms with Crippen LogP contribution in [-0.4, -0.2) is 5.71 Å². The van der Waals surface area contributed by atoms with Crippen molar-refractivity contribution in [2.45, 2.75) is 13.8 Å². The quantitative estimate of drug-likeness (QED) is 0.695. The van der Waals surface area contributed by atoms with Gasteiger partial charge in [0.05, 0.1) is 5.71 Å². The molecule has 0 aliphatic heterocycles. The zero-order chi connectivity index (χ0) is 9.84. The molecule has 0 saturated heterocycles. The molecule has 0 spiro atoms. The van der Waals surface area contributed by atoms with Gasteiger partial charge in [0, 0.05) is 10.6 Å². The van der Waals surface area contributed by atoms with E-state index in [0.29, 0.717) is 10.7 Å². The number of benzene rings is 1. The third-order valence-corrected chi connectivity index (χ3v) is 2.07. The van der Waals surface area contributed by atoms with Crippen LogP contribution in [0.15, 0.2) is 30.4 Å². The standard InChI is InChI=1S/C11H12ClN/c1-3-4-11(13)9-7-8(2)5-6-10(9)12/h3-7,13H,1-2H3/b4-3-,13-11?. The highest BCUT2D eigenvalue weighted by atomic mass is 35.5. The number of rotatable bonds is 2. The van der Waals surface area contributed by atoms with Crippen molar-refractivity contribution in [2.75, 3.05) is 0 Å². The summed E-state index contributed by atoms with van der Waals surface area (Å²) >= 11 is 5.95. The van der Waals surface area contributed by atoms with Crippen LogP contribution in [0.1, 0.15) is 18.1 Å². The van der Waals surface area contributed by atoms with Gasteiger partial charge >= 0.3 is 0 Å². The van der Waals surface area contributed by atoms with Crippen molar-refractivity contribution >= 4 is 17.3 Å². The lowest BCUT2D eigenvalue weighted by molar-refractivity contribution is 1.43. The summed E-state index contributed by atoms with van der Waals surface area (Å²) in [6.45, 7) is 3.88. The number of allylic oxidation sites excluding steroid dienone is 2. The second-order valence-corrected chi connectivity index (χ2v) is 3.30. The Kier molecular flexibility index (Phi) is 3.26. The van der Waals surface area contributed by atoms with Gasteiger partial charge in [0.2, 0.25) is 0 Å². The zero-order valence-corrected chi connectivity index (χ0v) is 8.52. The number of hydrogen-bond acceptors (Lipinski definition) is 1.